The van der Waals surface area contributed by atoms with Crippen LogP contribution < -0.4 is 10.6 Å². The van der Waals surface area contributed by atoms with Crippen molar-refractivity contribution in [2.45, 2.75) is 58.2 Å². The minimum absolute atomic E-state index is 0.0383. The number of sulfone groups is 1. The molecule has 1 fully saturated rings. The molecule has 0 saturated carbocycles. The van der Waals surface area contributed by atoms with E-state index in [1.807, 2.05) is 32.6 Å². The maximum Gasteiger partial charge on any atom is 0.222 e. The van der Waals surface area contributed by atoms with E-state index in [9.17, 15) is 13.2 Å². The maximum atomic E-state index is 12.1. The molecule has 0 aromatic heterocycles. The van der Waals surface area contributed by atoms with Crippen molar-refractivity contribution in [2.75, 3.05) is 31.9 Å². The van der Waals surface area contributed by atoms with Crippen molar-refractivity contribution in [1.82, 2.24) is 15.5 Å². The molecule has 0 aromatic rings. The van der Waals surface area contributed by atoms with Crippen molar-refractivity contribution in [1.29, 1.82) is 0 Å². The zero-order chi connectivity index (χ0) is 18.6. The van der Waals surface area contributed by atoms with Crippen molar-refractivity contribution in [3.63, 3.8) is 0 Å². The Hall–Kier alpha value is -1.31. The largest absolute Gasteiger partial charge is 0.357 e. The molecule has 0 unspecified atom stereocenters. The molecule has 0 bridgehead atoms. The van der Waals surface area contributed by atoms with Gasteiger partial charge in [-0.15, -0.1) is 0 Å². The Bertz CT molecular complexity index is 577. The van der Waals surface area contributed by atoms with E-state index in [4.69, 9.17) is 0 Å². The predicted molar refractivity (Wildman–Crippen MR) is 97.9 cm³/mol. The lowest BCUT2D eigenvalue weighted by Crippen LogP contribution is -2.57. The Morgan fingerprint density at radius 1 is 1.29 bits per heavy atom. The molecule has 0 spiro atoms. The van der Waals surface area contributed by atoms with E-state index >= 15 is 0 Å². The summed E-state index contributed by atoms with van der Waals surface area (Å²) in [4.78, 5) is 18.3. The quantitative estimate of drug-likeness (QED) is 0.571. The van der Waals surface area contributed by atoms with Crippen LogP contribution >= 0.6 is 0 Å². The highest BCUT2D eigenvalue weighted by atomic mass is 32.2. The van der Waals surface area contributed by atoms with E-state index in [2.05, 4.69) is 15.6 Å². The van der Waals surface area contributed by atoms with Gasteiger partial charge in [0.2, 0.25) is 5.91 Å². The Kier molecular flexibility index (Phi) is 6.67. The second-order valence-electron chi connectivity index (χ2n) is 7.78. The summed E-state index contributed by atoms with van der Waals surface area (Å²) in [6.45, 7) is 13.2. The van der Waals surface area contributed by atoms with Crippen LogP contribution in [0.4, 0.5) is 0 Å². The van der Waals surface area contributed by atoms with Gasteiger partial charge in [-0.05, 0) is 41.5 Å². The molecule has 2 N–H and O–H groups in total. The fourth-order valence-electron chi connectivity index (χ4n) is 2.49. The Balaban J connectivity index is 2.72. The van der Waals surface area contributed by atoms with Crippen molar-refractivity contribution in [3.8, 4) is 0 Å². The van der Waals surface area contributed by atoms with Crippen molar-refractivity contribution in [2.24, 2.45) is 4.99 Å². The van der Waals surface area contributed by atoms with E-state index in [1.165, 1.54) is 0 Å². The topological polar surface area (TPSA) is 90.9 Å². The number of carbonyl (C=O) groups excluding carboxylic acids is 1. The average molecular weight is 361 g/mol. The van der Waals surface area contributed by atoms with Crippen LogP contribution in [0, 0.1) is 0 Å². The molecular weight excluding hydrogens is 328 g/mol. The highest BCUT2D eigenvalue weighted by Crippen LogP contribution is 2.23. The molecule has 0 atom stereocenters. The highest BCUT2D eigenvalue weighted by molar-refractivity contribution is 7.92. The van der Waals surface area contributed by atoms with Crippen LogP contribution in [-0.4, -0.2) is 67.4 Å². The molecular formula is C16H32N4O3S. The van der Waals surface area contributed by atoms with Crippen LogP contribution in [0.25, 0.3) is 0 Å². The van der Waals surface area contributed by atoms with Crippen LogP contribution in [0.15, 0.2) is 4.99 Å². The van der Waals surface area contributed by atoms with Crippen molar-refractivity contribution < 1.29 is 13.2 Å². The Labute approximate surface area is 146 Å². The van der Waals surface area contributed by atoms with Gasteiger partial charge in [-0.1, -0.05) is 0 Å². The van der Waals surface area contributed by atoms with Gasteiger partial charge in [-0.3, -0.25) is 9.79 Å². The van der Waals surface area contributed by atoms with Crippen molar-refractivity contribution in [3.05, 3.63) is 0 Å². The molecule has 1 amide bonds. The van der Waals surface area contributed by atoms with Crippen molar-refractivity contribution >= 4 is 21.7 Å². The van der Waals surface area contributed by atoms with E-state index < -0.39 is 14.6 Å². The third-order valence-corrected chi connectivity index (χ3v) is 6.33. The van der Waals surface area contributed by atoms with Gasteiger partial charge >= 0.3 is 0 Å². The van der Waals surface area contributed by atoms with E-state index in [0.29, 0.717) is 38.6 Å². The van der Waals surface area contributed by atoms with Gasteiger partial charge in [0.05, 0.1) is 17.0 Å². The lowest BCUT2D eigenvalue weighted by Gasteiger charge is -2.39. The zero-order valence-electron chi connectivity index (χ0n) is 15.8. The molecule has 1 aliphatic heterocycles. The summed E-state index contributed by atoms with van der Waals surface area (Å²) in [5, 5.41) is 6.10. The monoisotopic (exact) mass is 360 g/mol. The summed E-state index contributed by atoms with van der Waals surface area (Å²) in [6, 6.07) is 0. The molecule has 1 saturated heterocycles. The number of carbonyl (C=O) groups is 1. The van der Waals surface area contributed by atoms with Gasteiger partial charge in [0.1, 0.15) is 0 Å². The van der Waals surface area contributed by atoms with Crippen LogP contribution in [0.1, 0.15) is 48.0 Å². The van der Waals surface area contributed by atoms with Gasteiger partial charge in [0.15, 0.2) is 15.8 Å². The average Bonchev–Trinajstić information content (AvgIpc) is 2.39. The number of nitrogens with one attached hydrogen (secondary N) is 2. The minimum atomic E-state index is -3.09. The SMILES string of the molecule is CCNC(=NCCC(=O)NC(C)(C)C)N1CCS(=O)(=O)C(C)(C)C1. The third kappa shape index (κ3) is 5.96. The first-order valence-electron chi connectivity index (χ1n) is 8.44. The van der Waals surface area contributed by atoms with Gasteiger partial charge in [-0.2, -0.15) is 0 Å². The number of hydrogen-bond acceptors (Lipinski definition) is 4. The Morgan fingerprint density at radius 3 is 2.42 bits per heavy atom. The molecule has 0 radical (unpaired) electrons. The molecule has 0 aromatic carbocycles. The number of aliphatic imine (C=N–C) groups is 1. The number of amides is 1. The second kappa shape index (κ2) is 7.72. The van der Waals surface area contributed by atoms with E-state index in [-0.39, 0.29) is 17.2 Å². The predicted octanol–water partition coefficient (Wildman–Crippen LogP) is 0.766. The molecule has 7 nitrogen and oxygen atoms in total. The minimum Gasteiger partial charge on any atom is -0.357 e. The first kappa shape index (κ1) is 20.7. The molecule has 24 heavy (non-hydrogen) atoms. The van der Waals surface area contributed by atoms with Crippen LogP contribution in [-0.2, 0) is 14.6 Å². The van der Waals surface area contributed by atoms with Gasteiger partial charge in [0.25, 0.3) is 0 Å². The van der Waals surface area contributed by atoms with Gasteiger partial charge < -0.3 is 15.5 Å². The molecule has 1 rings (SSSR count). The highest BCUT2D eigenvalue weighted by Gasteiger charge is 2.40. The van der Waals surface area contributed by atoms with Crippen LogP contribution in [0.2, 0.25) is 0 Å². The first-order valence-corrected chi connectivity index (χ1v) is 10.1. The van der Waals surface area contributed by atoms with E-state index in [1.54, 1.807) is 13.8 Å². The maximum absolute atomic E-state index is 12.1. The lowest BCUT2D eigenvalue weighted by molar-refractivity contribution is -0.122. The van der Waals surface area contributed by atoms with Gasteiger partial charge in [0, 0.05) is 31.6 Å². The number of hydrogen-bond donors (Lipinski definition) is 2. The molecule has 8 heteroatoms. The molecule has 0 aliphatic carbocycles. The van der Waals surface area contributed by atoms with Crippen LogP contribution in [0.3, 0.4) is 0 Å². The fraction of sp³-hybridized carbons (Fsp3) is 0.875. The molecule has 140 valence electrons. The number of rotatable bonds is 4. The summed E-state index contributed by atoms with van der Waals surface area (Å²) in [6.07, 6.45) is 0.307. The summed E-state index contributed by atoms with van der Waals surface area (Å²) >= 11 is 0. The molecule has 1 heterocycles. The van der Waals surface area contributed by atoms with E-state index in [0.717, 1.165) is 0 Å². The Morgan fingerprint density at radius 2 is 1.92 bits per heavy atom. The molecule has 1 aliphatic rings. The smallest absolute Gasteiger partial charge is 0.222 e. The summed E-state index contributed by atoms with van der Waals surface area (Å²) in [5.41, 5.74) is -0.253. The second-order valence-corrected chi connectivity index (χ2v) is 10.5. The number of guanidine groups is 1. The van der Waals surface area contributed by atoms with Gasteiger partial charge in [-0.25, -0.2) is 8.42 Å². The summed E-state index contributed by atoms with van der Waals surface area (Å²) in [7, 11) is -3.09. The third-order valence-electron chi connectivity index (χ3n) is 3.79. The number of nitrogens with zero attached hydrogens (tertiary/aromatic N) is 2. The lowest BCUT2D eigenvalue weighted by atomic mass is 10.1. The standard InChI is InChI=1S/C16H32N4O3S/c1-7-17-14(18-9-8-13(21)19-15(2,3)4)20-10-11-24(22,23)16(5,6)12-20/h7-12H2,1-6H3,(H,17,18)(H,19,21). The van der Waals surface area contributed by atoms with Crippen LogP contribution in [0.5, 0.6) is 0 Å². The first-order chi connectivity index (χ1) is 10.9. The summed E-state index contributed by atoms with van der Waals surface area (Å²) in [5.74, 6) is 0.752. The fourth-order valence-corrected chi connectivity index (χ4v) is 3.86. The normalized spacial score (nSPS) is 20.6. The zero-order valence-corrected chi connectivity index (χ0v) is 16.6. The summed E-state index contributed by atoms with van der Waals surface area (Å²) < 4.78 is 23.5.